The van der Waals surface area contributed by atoms with Crippen molar-refractivity contribution in [2.24, 2.45) is 5.73 Å². The molecule has 0 spiro atoms. The van der Waals surface area contributed by atoms with Crippen LogP contribution in [0.25, 0.3) is 0 Å². The lowest BCUT2D eigenvalue weighted by Crippen LogP contribution is -2.35. The average molecular weight is 121 g/mol. The van der Waals surface area contributed by atoms with Crippen LogP contribution in [0.3, 0.4) is 0 Å². The van der Waals surface area contributed by atoms with Gasteiger partial charge in [0.05, 0.1) is 6.04 Å². The Morgan fingerprint density at radius 2 is 2.12 bits per heavy atom. The lowest BCUT2D eigenvalue weighted by atomic mass is 10.2. The van der Waals surface area contributed by atoms with Crippen molar-refractivity contribution in [2.45, 2.75) is 18.9 Å². The van der Waals surface area contributed by atoms with Crippen molar-refractivity contribution in [3.05, 3.63) is 12.7 Å². The van der Waals surface area contributed by atoms with Gasteiger partial charge in [0, 0.05) is 0 Å². The van der Waals surface area contributed by atoms with Gasteiger partial charge in [-0.3, -0.25) is 0 Å². The number of alkyl halides is 2. The van der Waals surface area contributed by atoms with Crippen molar-refractivity contribution in [1.82, 2.24) is 0 Å². The van der Waals surface area contributed by atoms with E-state index in [0.717, 1.165) is 0 Å². The van der Waals surface area contributed by atoms with Crippen LogP contribution in [0.1, 0.15) is 6.92 Å². The lowest BCUT2D eigenvalue weighted by molar-refractivity contribution is 0.0329. The SMILES string of the molecule is C=CC(F)(F)C(C)N. The zero-order valence-corrected chi connectivity index (χ0v) is 4.70. The number of hydrogen-bond donors (Lipinski definition) is 1. The van der Waals surface area contributed by atoms with Crippen LogP contribution in [0.4, 0.5) is 8.78 Å². The van der Waals surface area contributed by atoms with Crippen molar-refractivity contribution < 1.29 is 8.78 Å². The average Bonchev–Trinajstić information content (AvgIpc) is 1.67. The van der Waals surface area contributed by atoms with E-state index in [1.807, 2.05) is 0 Å². The van der Waals surface area contributed by atoms with Crippen LogP contribution in [-0.4, -0.2) is 12.0 Å². The van der Waals surface area contributed by atoms with Crippen LogP contribution >= 0.6 is 0 Å². The van der Waals surface area contributed by atoms with Crippen LogP contribution in [0.2, 0.25) is 0 Å². The largest absolute Gasteiger partial charge is 0.323 e. The summed E-state index contributed by atoms with van der Waals surface area (Å²) < 4.78 is 24.1. The molecule has 0 heterocycles. The molecule has 1 unspecified atom stereocenters. The summed E-state index contributed by atoms with van der Waals surface area (Å²) in [6.45, 7) is 4.16. The topological polar surface area (TPSA) is 26.0 Å². The van der Waals surface area contributed by atoms with Crippen molar-refractivity contribution in [3.63, 3.8) is 0 Å². The molecule has 0 aliphatic heterocycles. The number of nitrogens with two attached hydrogens (primary N) is 1. The van der Waals surface area contributed by atoms with Crippen LogP contribution in [-0.2, 0) is 0 Å². The maximum absolute atomic E-state index is 12.0. The van der Waals surface area contributed by atoms with Gasteiger partial charge < -0.3 is 5.73 Å². The first-order valence-corrected chi connectivity index (χ1v) is 2.27. The Morgan fingerprint density at radius 3 is 2.12 bits per heavy atom. The molecule has 1 nitrogen and oxygen atoms in total. The number of rotatable bonds is 2. The molecule has 1 atom stereocenters. The standard InChI is InChI=1S/C5H9F2N/c1-3-5(6,7)4(2)8/h3-4H,1,8H2,2H3. The quantitative estimate of drug-likeness (QED) is 0.545. The van der Waals surface area contributed by atoms with E-state index in [1.54, 1.807) is 0 Å². The summed E-state index contributed by atoms with van der Waals surface area (Å²) in [5.41, 5.74) is 4.86. The smallest absolute Gasteiger partial charge is 0.280 e. The molecule has 0 saturated carbocycles. The molecule has 0 rings (SSSR count). The lowest BCUT2D eigenvalue weighted by Gasteiger charge is -2.14. The molecule has 0 bridgehead atoms. The first-order chi connectivity index (χ1) is 3.50. The van der Waals surface area contributed by atoms with Gasteiger partial charge in [0.25, 0.3) is 5.92 Å². The van der Waals surface area contributed by atoms with Crippen molar-refractivity contribution in [3.8, 4) is 0 Å². The second-order valence-electron chi connectivity index (χ2n) is 1.67. The first kappa shape index (κ1) is 7.56. The van der Waals surface area contributed by atoms with E-state index in [0.29, 0.717) is 6.08 Å². The third-order valence-corrected chi connectivity index (χ3v) is 0.879. The molecule has 0 fully saturated rings. The zero-order valence-electron chi connectivity index (χ0n) is 4.70. The highest BCUT2D eigenvalue weighted by atomic mass is 19.3. The fourth-order valence-corrected chi connectivity index (χ4v) is 0.186. The predicted octanol–water partition coefficient (Wildman–Crippen LogP) is 1.15. The molecule has 0 aliphatic rings. The number of halogens is 2. The second kappa shape index (κ2) is 2.22. The van der Waals surface area contributed by atoms with Crippen LogP contribution < -0.4 is 5.73 Å². The highest BCUT2D eigenvalue weighted by Gasteiger charge is 2.28. The van der Waals surface area contributed by atoms with Crippen molar-refractivity contribution in [2.75, 3.05) is 0 Å². The predicted molar refractivity (Wildman–Crippen MR) is 28.8 cm³/mol. The van der Waals surface area contributed by atoms with E-state index < -0.39 is 12.0 Å². The van der Waals surface area contributed by atoms with Gasteiger partial charge in [0.2, 0.25) is 0 Å². The summed E-state index contributed by atoms with van der Waals surface area (Å²) in [5.74, 6) is -2.92. The molecule has 0 aromatic carbocycles. The molecular formula is C5H9F2N. The Kier molecular flexibility index (Phi) is 2.10. The van der Waals surface area contributed by atoms with E-state index in [2.05, 4.69) is 6.58 Å². The minimum atomic E-state index is -2.92. The minimum Gasteiger partial charge on any atom is -0.323 e. The Hall–Kier alpha value is -0.440. The molecule has 0 aromatic rings. The van der Waals surface area contributed by atoms with E-state index in [9.17, 15) is 8.78 Å². The molecule has 8 heavy (non-hydrogen) atoms. The molecular weight excluding hydrogens is 112 g/mol. The van der Waals surface area contributed by atoms with E-state index in [-0.39, 0.29) is 0 Å². The van der Waals surface area contributed by atoms with Crippen LogP contribution in [0.5, 0.6) is 0 Å². The summed E-state index contributed by atoms with van der Waals surface area (Å²) in [4.78, 5) is 0. The molecule has 0 amide bonds. The van der Waals surface area contributed by atoms with Crippen LogP contribution in [0.15, 0.2) is 12.7 Å². The zero-order chi connectivity index (χ0) is 6.78. The summed E-state index contributed by atoms with van der Waals surface area (Å²) in [7, 11) is 0. The fraction of sp³-hybridized carbons (Fsp3) is 0.600. The summed E-state index contributed by atoms with van der Waals surface area (Å²) in [6, 6.07) is -1.14. The highest BCUT2D eigenvalue weighted by molar-refractivity contribution is 4.92. The fourth-order valence-electron chi connectivity index (χ4n) is 0.186. The monoisotopic (exact) mass is 121 g/mol. The normalized spacial score (nSPS) is 15.5. The highest BCUT2D eigenvalue weighted by Crippen LogP contribution is 2.16. The number of hydrogen-bond acceptors (Lipinski definition) is 1. The Labute approximate surface area is 47.2 Å². The van der Waals surface area contributed by atoms with Crippen molar-refractivity contribution in [1.29, 1.82) is 0 Å². The Balaban J connectivity index is 3.90. The molecule has 0 radical (unpaired) electrons. The third-order valence-electron chi connectivity index (χ3n) is 0.879. The molecule has 48 valence electrons. The first-order valence-electron chi connectivity index (χ1n) is 2.27. The van der Waals surface area contributed by atoms with Gasteiger partial charge in [-0.05, 0) is 13.0 Å². The Morgan fingerprint density at radius 1 is 1.75 bits per heavy atom. The molecule has 2 N–H and O–H groups in total. The van der Waals surface area contributed by atoms with Gasteiger partial charge in [0.15, 0.2) is 0 Å². The van der Waals surface area contributed by atoms with Gasteiger partial charge in [-0.1, -0.05) is 6.58 Å². The summed E-state index contributed by atoms with van der Waals surface area (Å²) in [5, 5.41) is 0. The maximum atomic E-state index is 12.0. The summed E-state index contributed by atoms with van der Waals surface area (Å²) >= 11 is 0. The molecule has 0 aromatic heterocycles. The van der Waals surface area contributed by atoms with Gasteiger partial charge in [0.1, 0.15) is 0 Å². The molecule has 0 saturated heterocycles. The van der Waals surface area contributed by atoms with Gasteiger partial charge in [-0.2, -0.15) is 0 Å². The van der Waals surface area contributed by atoms with Crippen molar-refractivity contribution >= 4 is 0 Å². The van der Waals surface area contributed by atoms with Gasteiger partial charge in [-0.15, -0.1) is 0 Å². The summed E-state index contributed by atoms with van der Waals surface area (Å²) in [6.07, 6.45) is 0.553. The molecule has 0 aliphatic carbocycles. The Bertz CT molecular complexity index is 88.4. The van der Waals surface area contributed by atoms with Gasteiger partial charge >= 0.3 is 0 Å². The van der Waals surface area contributed by atoms with Crippen LogP contribution in [0, 0.1) is 0 Å². The van der Waals surface area contributed by atoms with Gasteiger partial charge in [-0.25, -0.2) is 8.78 Å². The van der Waals surface area contributed by atoms with E-state index in [1.165, 1.54) is 6.92 Å². The van der Waals surface area contributed by atoms with E-state index in [4.69, 9.17) is 5.73 Å². The molecule has 3 heteroatoms. The second-order valence-corrected chi connectivity index (χ2v) is 1.67. The third kappa shape index (κ3) is 1.58. The minimum absolute atomic E-state index is 0.553. The maximum Gasteiger partial charge on any atom is 0.280 e. The van der Waals surface area contributed by atoms with E-state index >= 15 is 0 Å².